The van der Waals surface area contributed by atoms with E-state index in [2.05, 4.69) is 24.1 Å². The van der Waals surface area contributed by atoms with E-state index in [1.807, 2.05) is 0 Å². The van der Waals surface area contributed by atoms with E-state index in [1.165, 1.54) is 32.0 Å². The first-order chi connectivity index (χ1) is 9.58. The second-order valence-electron chi connectivity index (χ2n) is 5.68. The maximum atomic E-state index is 10.5. The Bertz CT molecular complexity index is 439. The van der Waals surface area contributed by atoms with Crippen LogP contribution in [0.1, 0.15) is 32.4 Å². The zero-order chi connectivity index (χ0) is 14.5. The molecule has 0 radical (unpaired) electrons. The summed E-state index contributed by atoms with van der Waals surface area (Å²) in [6.45, 7) is 8.25. The number of nitro groups is 1. The molecular weight excluding hydrogens is 258 g/mol. The summed E-state index contributed by atoms with van der Waals surface area (Å²) in [6, 6.07) is 3.57. The lowest BCUT2D eigenvalue weighted by molar-refractivity contribution is -0.402. The molecule has 1 saturated heterocycles. The molecule has 0 aliphatic carbocycles. The smallest absolute Gasteiger partial charge is 0.404 e. The summed E-state index contributed by atoms with van der Waals surface area (Å²) in [5.41, 5.74) is 0. The Morgan fingerprint density at radius 2 is 2.10 bits per heavy atom. The fraction of sp³-hybridized carbons (Fsp3) is 0.714. The average Bonchev–Trinajstić information content (AvgIpc) is 3.05. The Kier molecular flexibility index (Phi) is 5.14. The predicted octanol–water partition coefficient (Wildman–Crippen LogP) is 2.40. The molecule has 2 rings (SSSR count). The van der Waals surface area contributed by atoms with Crippen molar-refractivity contribution >= 4 is 5.88 Å². The molecule has 112 valence electrons. The monoisotopic (exact) mass is 281 g/mol. The maximum absolute atomic E-state index is 10.5. The van der Waals surface area contributed by atoms with Crippen molar-refractivity contribution in [3.05, 3.63) is 28.0 Å². The van der Waals surface area contributed by atoms with Crippen molar-refractivity contribution in [1.82, 2.24) is 10.2 Å². The van der Waals surface area contributed by atoms with Gasteiger partial charge in [0.25, 0.3) is 0 Å². The van der Waals surface area contributed by atoms with Crippen LogP contribution in [0.4, 0.5) is 5.88 Å². The summed E-state index contributed by atoms with van der Waals surface area (Å²) in [5.74, 6) is 1.01. The Labute approximate surface area is 119 Å². The van der Waals surface area contributed by atoms with Crippen LogP contribution in [-0.4, -0.2) is 35.5 Å². The van der Waals surface area contributed by atoms with Gasteiger partial charge in [0, 0.05) is 12.6 Å². The predicted molar refractivity (Wildman–Crippen MR) is 76.5 cm³/mol. The standard InChI is InChI=1S/C14H23N3O3/c1-11(2)13(16-7-3-4-8-16)10-15-9-12-5-6-14(20-12)17(18)19/h5-6,11,13,15H,3-4,7-10H2,1-2H3. The number of rotatable bonds is 7. The van der Waals surface area contributed by atoms with E-state index in [4.69, 9.17) is 4.42 Å². The summed E-state index contributed by atoms with van der Waals surface area (Å²) < 4.78 is 5.14. The van der Waals surface area contributed by atoms with Gasteiger partial charge in [-0.1, -0.05) is 13.8 Å². The first-order valence-electron chi connectivity index (χ1n) is 7.26. The SMILES string of the molecule is CC(C)C(CNCc1ccc([N+](=O)[O-])o1)N1CCCC1. The van der Waals surface area contributed by atoms with Crippen LogP contribution in [0.15, 0.2) is 16.5 Å². The van der Waals surface area contributed by atoms with Gasteiger partial charge in [0.1, 0.15) is 10.7 Å². The fourth-order valence-electron chi connectivity index (χ4n) is 2.76. The first-order valence-corrected chi connectivity index (χ1v) is 7.26. The Balaban J connectivity index is 1.81. The number of nitrogens with zero attached hydrogens (tertiary/aromatic N) is 2. The van der Waals surface area contributed by atoms with E-state index in [0.717, 1.165) is 6.54 Å². The molecule has 1 aromatic rings. The van der Waals surface area contributed by atoms with Crippen LogP contribution in [0, 0.1) is 16.0 Å². The van der Waals surface area contributed by atoms with Gasteiger partial charge in [0.15, 0.2) is 0 Å². The van der Waals surface area contributed by atoms with Crippen molar-refractivity contribution in [2.45, 2.75) is 39.3 Å². The number of hydrogen-bond donors (Lipinski definition) is 1. The van der Waals surface area contributed by atoms with Gasteiger partial charge in [0.05, 0.1) is 12.6 Å². The van der Waals surface area contributed by atoms with E-state index >= 15 is 0 Å². The highest BCUT2D eigenvalue weighted by molar-refractivity contribution is 5.17. The average molecular weight is 281 g/mol. The molecule has 1 unspecified atom stereocenters. The topological polar surface area (TPSA) is 71.5 Å². The molecule has 0 amide bonds. The van der Waals surface area contributed by atoms with Crippen molar-refractivity contribution in [1.29, 1.82) is 0 Å². The van der Waals surface area contributed by atoms with Gasteiger partial charge in [-0.25, -0.2) is 0 Å². The number of hydrogen-bond acceptors (Lipinski definition) is 5. The molecule has 1 aromatic heterocycles. The molecule has 6 heteroatoms. The molecule has 1 fully saturated rings. The third-order valence-corrected chi connectivity index (χ3v) is 3.86. The highest BCUT2D eigenvalue weighted by atomic mass is 16.6. The van der Waals surface area contributed by atoms with Crippen molar-refractivity contribution in [2.75, 3.05) is 19.6 Å². The molecule has 0 saturated carbocycles. The van der Waals surface area contributed by atoms with Crippen LogP contribution in [-0.2, 0) is 6.54 Å². The lowest BCUT2D eigenvalue weighted by Crippen LogP contribution is -2.44. The van der Waals surface area contributed by atoms with E-state index in [9.17, 15) is 10.1 Å². The van der Waals surface area contributed by atoms with Crippen molar-refractivity contribution in [2.24, 2.45) is 5.92 Å². The third kappa shape index (κ3) is 3.80. The van der Waals surface area contributed by atoms with Gasteiger partial charge in [-0.3, -0.25) is 15.0 Å². The lowest BCUT2D eigenvalue weighted by atomic mass is 10.0. The largest absolute Gasteiger partial charge is 0.433 e. The number of nitrogens with one attached hydrogen (secondary N) is 1. The summed E-state index contributed by atoms with van der Waals surface area (Å²) in [5, 5.41) is 13.9. The van der Waals surface area contributed by atoms with Crippen LogP contribution in [0.25, 0.3) is 0 Å². The molecule has 2 heterocycles. The molecule has 1 atom stereocenters. The van der Waals surface area contributed by atoms with Gasteiger partial charge in [-0.15, -0.1) is 0 Å². The number of likely N-dealkylation sites (tertiary alicyclic amines) is 1. The normalized spacial score (nSPS) is 17.8. The molecule has 1 aliphatic heterocycles. The van der Waals surface area contributed by atoms with Gasteiger partial charge in [-0.05, 0) is 37.9 Å². The van der Waals surface area contributed by atoms with Crippen molar-refractivity contribution in [3.8, 4) is 0 Å². The van der Waals surface area contributed by atoms with E-state index in [0.29, 0.717) is 24.3 Å². The minimum atomic E-state index is -0.509. The Hall–Kier alpha value is -1.40. The summed E-state index contributed by atoms with van der Waals surface area (Å²) >= 11 is 0. The van der Waals surface area contributed by atoms with Gasteiger partial charge >= 0.3 is 5.88 Å². The molecule has 6 nitrogen and oxygen atoms in total. The van der Waals surface area contributed by atoms with Gasteiger partial charge in [-0.2, -0.15) is 0 Å². The van der Waals surface area contributed by atoms with E-state index in [-0.39, 0.29) is 5.88 Å². The molecule has 1 aliphatic rings. The molecule has 20 heavy (non-hydrogen) atoms. The number of furan rings is 1. The van der Waals surface area contributed by atoms with Crippen molar-refractivity contribution in [3.63, 3.8) is 0 Å². The third-order valence-electron chi connectivity index (χ3n) is 3.86. The molecule has 1 N–H and O–H groups in total. The Morgan fingerprint density at radius 1 is 1.40 bits per heavy atom. The van der Waals surface area contributed by atoms with E-state index < -0.39 is 4.92 Å². The highest BCUT2D eigenvalue weighted by Crippen LogP contribution is 2.18. The first kappa shape index (κ1) is 15.0. The Morgan fingerprint density at radius 3 is 2.65 bits per heavy atom. The lowest BCUT2D eigenvalue weighted by Gasteiger charge is -2.31. The van der Waals surface area contributed by atoms with Gasteiger partial charge in [0.2, 0.25) is 0 Å². The minimum absolute atomic E-state index is 0.193. The zero-order valence-electron chi connectivity index (χ0n) is 12.2. The second-order valence-corrected chi connectivity index (χ2v) is 5.68. The quantitative estimate of drug-likeness (QED) is 0.614. The second kappa shape index (κ2) is 6.85. The fourth-order valence-corrected chi connectivity index (χ4v) is 2.76. The minimum Gasteiger partial charge on any atom is -0.404 e. The zero-order valence-corrected chi connectivity index (χ0v) is 12.2. The summed E-state index contributed by atoms with van der Waals surface area (Å²) in [4.78, 5) is 12.6. The summed E-state index contributed by atoms with van der Waals surface area (Å²) in [7, 11) is 0. The van der Waals surface area contributed by atoms with Crippen LogP contribution in [0.2, 0.25) is 0 Å². The molecule has 0 aromatic carbocycles. The van der Waals surface area contributed by atoms with Crippen LogP contribution in [0.5, 0.6) is 0 Å². The highest BCUT2D eigenvalue weighted by Gasteiger charge is 2.24. The molecule has 0 bridgehead atoms. The molecular formula is C14H23N3O3. The van der Waals surface area contributed by atoms with Crippen LogP contribution >= 0.6 is 0 Å². The van der Waals surface area contributed by atoms with E-state index in [1.54, 1.807) is 6.07 Å². The van der Waals surface area contributed by atoms with Crippen molar-refractivity contribution < 1.29 is 9.34 Å². The summed E-state index contributed by atoms with van der Waals surface area (Å²) in [6.07, 6.45) is 2.57. The van der Waals surface area contributed by atoms with Crippen LogP contribution < -0.4 is 5.32 Å². The maximum Gasteiger partial charge on any atom is 0.433 e. The van der Waals surface area contributed by atoms with Gasteiger partial charge < -0.3 is 9.73 Å². The van der Waals surface area contributed by atoms with Crippen LogP contribution in [0.3, 0.4) is 0 Å². The molecule has 0 spiro atoms.